The molecule has 2 bridgehead atoms. The van der Waals surface area contributed by atoms with Crippen LogP contribution >= 0.6 is 11.3 Å². The molecular weight excluding hydrogens is 275 g/mol. The molecule has 6 nitrogen and oxygen atoms in total. The molecule has 20 heavy (non-hydrogen) atoms. The van der Waals surface area contributed by atoms with E-state index in [0.29, 0.717) is 12.9 Å². The fraction of sp³-hybridized carbons (Fsp3) is 0.417. The predicted molar refractivity (Wildman–Crippen MR) is 78.0 cm³/mol. The van der Waals surface area contributed by atoms with Crippen molar-refractivity contribution in [3.8, 4) is 0 Å². The van der Waals surface area contributed by atoms with Crippen molar-refractivity contribution in [2.45, 2.75) is 18.4 Å². The van der Waals surface area contributed by atoms with Crippen LogP contribution in [0.3, 0.4) is 0 Å². The molecule has 0 unspecified atom stereocenters. The summed E-state index contributed by atoms with van der Waals surface area (Å²) in [5.41, 5.74) is 1.07. The largest absolute Gasteiger partial charge is 0.556 e. The van der Waals surface area contributed by atoms with E-state index < -0.39 is 0 Å². The molecule has 2 aliphatic heterocycles. The number of hydrogen-bond acceptors (Lipinski definition) is 5. The summed E-state index contributed by atoms with van der Waals surface area (Å²) in [6, 6.07) is 0.0714. The van der Waals surface area contributed by atoms with Crippen LogP contribution in [0.2, 0.25) is 6.32 Å². The summed E-state index contributed by atoms with van der Waals surface area (Å²) in [5.74, 6) is 0. The highest BCUT2D eigenvalue weighted by atomic mass is 32.1. The van der Waals surface area contributed by atoms with Crippen LogP contribution in [-0.2, 0) is 4.65 Å². The van der Waals surface area contributed by atoms with Gasteiger partial charge in [0.05, 0.1) is 12.1 Å². The molecule has 3 rings (SSSR count). The second kappa shape index (κ2) is 5.28. The second-order valence-corrected chi connectivity index (χ2v) is 5.64. The van der Waals surface area contributed by atoms with Crippen LogP contribution in [0.15, 0.2) is 17.7 Å². The Hall–Kier alpha value is -1.83. The summed E-state index contributed by atoms with van der Waals surface area (Å²) < 4.78 is 4.89. The highest BCUT2D eigenvalue weighted by molar-refractivity contribution is 7.10. The molecule has 2 amide bonds. The summed E-state index contributed by atoms with van der Waals surface area (Å²) >= 11 is 1.57. The third-order valence-electron chi connectivity index (χ3n) is 3.70. The van der Waals surface area contributed by atoms with E-state index in [4.69, 9.17) is 10.1 Å². The Kier molecular flexibility index (Phi) is 3.48. The predicted octanol–water partition coefficient (Wildman–Crippen LogP) is 1.31. The second-order valence-electron chi connectivity index (χ2n) is 4.74. The van der Waals surface area contributed by atoms with Gasteiger partial charge >= 0.3 is 13.5 Å². The average molecular weight is 289 g/mol. The number of carbonyl (C=O) groups is 1. The Labute approximate surface area is 121 Å². The van der Waals surface area contributed by atoms with Gasteiger partial charge in [-0.15, -0.1) is 11.3 Å². The van der Waals surface area contributed by atoms with Gasteiger partial charge in [-0.25, -0.2) is 9.78 Å². The van der Waals surface area contributed by atoms with Crippen LogP contribution in [-0.4, -0.2) is 60.4 Å². The number of urea groups is 1. The number of rotatable bonds is 5. The van der Waals surface area contributed by atoms with Crippen molar-refractivity contribution in [2.75, 3.05) is 13.6 Å². The highest BCUT2D eigenvalue weighted by Crippen LogP contribution is 2.36. The maximum absolute atomic E-state index is 12.2. The van der Waals surface area contributed by atoms with E-state index in [1.165, 1.54) is 0 Å². The lowest BCUT2D eigenvalue weighted by Crippen LogP contribution is -2.40. The van der Waals surface area contributed by atoms with Crippen LogP contribution in [0.1, 0.15) is 5.01 Å². The van der Waals surface area contributed by atoms with Gasteiger partial charge in [-0.2, -0.15) is 0 Å². The molecule has 0 aromatic carbocycles. The summed E-state index contributed by atoms with van der Waals surface area (Å²) in [7, 11) is 3.38. The zero-order valence-corrected chi connectivity index (χ0v) is 11.8. The first-order valence-corrected chi connectivity index (χ1v) is 7.21. The van der Waals surface area contributed by atoms with E-state index >= 15 is 0 Å². The molecule has 2 aliphatic rings. The van der Waals surface area contributed by atoms with Crippen molar-refractivity contribution < 1.29 is 9.45 Å². The fourth-order valence-electron chi connectivity index (χ4n) is 2.69. The van der Waals surface area contributed by atoms with Gasteiger partial charge in [0.2, 0.25) is 0 Å². The monoisotopic (exact) mass is 289 g/mol. The molecule has 3 heterocycles. The molecular formula is C12H14BN4O2S. The number of amides is 2. The number of nitrogens with zero attached hydrogens (tertiary/aromatic N) is 3. The fourth-order valence-corrected chi connectivity index (χ4v) is 3.40. The average Bonchev–Trinajstić information content (AvgIpc) is 3.06. The van der Waals surface area contributed by atoms with Crippen molar-refractivity contribution in [3.05, 3.63) is 22.7 Å². The van der Waals surface area contributed by atoms with Crippen LogP contribution in [0, 0.1) is 5.41 Å². The number of carbonyl (C=O) groups excluding carboxylic acids is 1. The minimum atomic E-state index is -0.0743. The maximum Gasteiger partial charge on any atom is 0.373 e. The molecule has 1 radical (unpaired) electrons. The Morgan fingerprint density at radius 2 is 2.55 bits per heavy atom. The van der Waals surface area contributed by atoms with Gasteiger partial charge in [-0.1, -0.05) is 6.08 Å². The van der Waals surface area contributed by atoms with Gasteiger partial charge in [-0.05, 0) is 6.32 Å². The first-order valence-electron chi connectivity index (χ1n) is 6.33. The van der Waals surface area contributed by atoms with E-state index in [1.54, 1.807) is 29.9 Å². The molecule has 103 valence electrons. The van der Waals surface area contributed by atoms with Crippen molar-refractivity contribution in [2.24, 2.45) is 0 Å². The Bertz CT molecular complexity index is 548. The van der Waals surface area contributed by atoms with E-state index in [9.17, 15) is 4.79 Å². The Balaban J connectivity index is 1.90. The minimum Gasteiger partial charge on any atom is -0.556 e. The summed E-state index contributed by atoms with van der Waals surface area (Å²) in [6.45, 7) is 0.702. The van der Waals surface area contributed by atoms with Crippen LogP contribution in [0.25, 0.3) is 5.57 Å². The molecule has 1 fully saturated rings. The molecule has 1 saturated heterocycles. The molecule has 8 heteroatoms. The number of nitrogens with one attached hydrogen (secondary N) is 1. The topological polar surface area (TPSA) is 69.5 Å². The van der Waals surface area contributed by atoms with Crippen molar-refractivity contribution in [1.29, 1.82) is 5.41 Å². The minimum absolute atomic E-state index is 0.0334. The molecule has 0 aliphatic carbocycles. The van der Waals surface area contributed by atoms with Crippen molar-refractivity contribution in [3.63, 3.8) is 0 Å². The lowest BCUT2D eigenvalue weighted by molar-refractivity contribution is 0.194. The van der Waals surface area contributed by atoms with E-state index in [2.05, 4.69) is 11.1 Å². The Morgan fingerprint density at radius 3 is 3.25 bits per heavy atom. The first-order chi connectivity index (χ1) is 9.72. The van der Waals surface area contributed by atoms with E-state index in [0.717, 1.165) is 17.0 Å². The highest BCUT2D eigenvalue weighted by Gasteiger charge is 2.43. The van der Waals surface area contributed by atoms with Crippen molar-refractivity contribution >= 4 is 36.8 Å². The zero-order chi connectivity index (χ0) is 14.1. The van der Waals surface area contributed by atoms with Crippen LogP contribution < -0.4 is 0 Å². The molecule has 2 atom stereocenters. The van der Waals surface area contributed by atoms with Crippen molar-refractivity contribution in [1.82, 2.24) is 14.8 Å². The number of hydrogen-bond donors (Lipinski definition) is 1. The number of thiazole rings is 1. The standard InChI is InChI=1S/C12H14BN4O2S/c1-16-8-4-9(11-15-2-3-20-11)10(5-13-19-7-14)17(6-8)12(16)18/h2-4,7-8,10,14H,5-6H2,1H3/t8-,10-/m1/s1. The lowest BCUT2D eigenvalue weighted by atomic mass is 9.83. The van der Waals surface area contributed by atoms with E-state index in [-0.39, 0.29) is 18.1 Å². The molecule has 0 saturated carbocycles. The Morgan fingerprint density at radius 1 is 1.70 bits per heavy atom. The number of fused-ring (bicyclic) bond motifs is 2. The normalized spacial score (nSPS) is 24.6. The maximum atomic E-state index is 12.2. The SMILES string of the molecule is CN1C(=O)N2C[C@H]1C=C(c1nccs1)[C@H]2C[B]OC=N. The van der Waals surface area contributed by atoms with Gasteiger partial charge in [0.25, 0.3) is 0 Å². The van der Waals surface area contributed by atoms with Gasteiger partial charge < -0.3 is 14.5 Å². The van der Waals surface area contributed by atoms with Crippen LogP contribution in [0.4, 0.5) is 4.79 Å². The lowest BCUT2D eigenvalue weighted by Gasteiger charge is -2.30. The number of aromatic nitrogens is 1. The first kappa shape index (κ1) is 13.2. The summed E-state index contributed by atoms with van der Waals surface area (Å²) in [5, 5.41) is 9.77. The quantitative estimate of drug-likeness (QED) is 0.384. The molecule has 1 aromatic rings. The molecule has 1 N–H and O–H groups in total. The molecule has 0 spiro atoms. The molecule has 1 aromatic heterocycles. The van der Waals surface area contributed by atoms with Gasteiger partial charge in [0.15, 0.2) is 0 Å². The van der Waals surface area contributed by atoms with Crippen LogP contribution in [0.5, 0.6) is 0 Å². The van der Waals surface area contributed by atoms with Gasteiger partial charge in [-0.3, -0.25) is 5.41 Å². The summed E-state index contributed by atoms with van der Waals surface area (Å²) in [4.78, 5) is 20.2. The van der Waals surface area contributed by atoms with Gasteiger partial charge in [0, 0.05) is 30.7 Å². The third-order valence-corrected chi connectivity index (χ3v) is 4.52. The smallest absolute Gasteiger partial charge is 0.373 e. The van der Waals surface area contributed by atoms with Gasteiger partial charge in [0.1, 0.15) is 11.4 Å². The zero-order valence-electron chi connectivity index (χ0n) is 11.0. The number of likely N-dealkylation sites (N-methyl/N-ethyl adjacent to an activating group) is 1. The summed E-state index contributed by atoms with van der Waals surface area (Å²) in [6.07, 6.45) is 5.33. The third kappa shape index (κ3) is 2.09. The van der Waals surface area contributed by atoms with E-state index in [1.807, 2.05) is 17.3 Å².